The Morgan fingerprint density at radius 2 is 1.71 bits per heavy atom. The number of aromatic nitrogens is 1. The Morgan fingerprint density at radius 3 is 2.38 bits per heavy atom. The van der Waals surface area contributed by atoms with E-state index in [2.05, 4.69) is 6.07 Å². The number of carbonyl (C=O) groups excluding carboxylic acids is 1. The van der Waals surface area contributed by atoms with Crippen molar-refractivity contribution in [3.63, 3.8) is 0 Å². The number of carbonyl (C=O) groups is 2. The van der Waals surface area contributed by atoms with E-state index in [4.69, 9.17) is 14.6 Å². The fourth-order valence-electron chi connectivity index (χ4n) is 4.13. The molecular weight excluding hydrogens is 430 g/mol. The summed E-state index contributed by atoms with van der Waals surface area (Å²) in [5, 5.41) is 10.2. The molecule has 1 aromatic heterocycles. The second kappa shape index (κ2) is 9.43. The van der Waals surface area contributed by atoms with Crippen LogP contribution in [0.2, 0.25) is 0 Å². The van der Waals surface area contributed by atoms with Gasteiger partial charge < -0.3 is 14.6 Å². The third kappa shape index (κ3) is 4.53. The van der Waals surface area contributed by atoms with Crippen LogP contribution in [0.3, 0.4) is 0 Å². The average Bonchev–Trinajstić information content (AvgIpc) is 3.09. The van der Waals surface area contributed by atoms with Crippen molar-refractivity contribution >= 4 is 22.8 Å². The molecule has 0 saturated carbocycles. The first-order chi connectivity index (χ1) is 16.3. The van der Waals surface area contributed by atoms with E-state index in [1.807, 2.05) is 44.2 Å². The van der Waals surface area contributed by atoms with Crippen molar-refractivity contribution in [2.24, 2.45) is 0 Å². The zero-order valence-electron chi connectivity index (χ0n) is 19.7. The highest BCUT2D eigenvalue weighted by molar-refractivity contribution is 6.04. The number of benzene rings is 3. The molecule has 1 atom stereocenters. The molecule has 0 aliphatic carbocycles. The largest absolute Gasteiger partial charge is 0.497 e. The number of rotatable bonds is 7. The Kier molecular flexibility index (Phi) is 6.41. The van der Waals surface area contributed by atoms with E-state index >= 15 is 0 Å². The van der Waals surface area contributed by atoms with Gasteiger partial charge >= 0.3 is 5.97 Å². The van der Waals surface area contributed by atoms with E-state index in [0.29, 0.717) is 23.5 Å². The third-order valence-corrected chi connectivity index (χ3v) is 5.97. The van der Waals surface area contributed by atoms with Crippen molar-refractivity contribution in [1.82, 2.24) is 4.57 Å². The SMILES string of the molecule is COc1ccc(C(=O)n2c(C)c(Cc3cccc(O[C@@H](C)C(=O)O)c3)c3cc(C)ccc32)cc1. The molecule has 6 heteroatoms. The fraction of sp³-hybridized carbons (Fsp3) is 0.214. The number of methoxy groups -OCH3 is 1. The van der Waals surface area contributed by atoms with E-state index in [9.17, 15) is 9.59 Å². The summed E-state index contributed by atoms with van der Waals surface area (Å²) in [6.07, 6.45) is -0.364. The molecule has 0 aliphatic heterocycles. The van der Waals surface area contributed by atoms with E-state index in [1.54, 1.807) is 42.0 Å². The van der Waals surface area contributed by atoms with Crippen molar-refractivity contribution in [2.75, 3.05) is 7.11 Å². The first kappa shape index (κ1) is 23.1. The van der Waals surface area contributed by atoms with Gasteiger partial charge in [-0.1, -0.05) is 23.8 Å². The third-order valence-electron chi connectivity index (χ3n) is 5.97. The molecule has 4 rings (SSSR count). The summed E-state index contributed by atoms with van der Waals surface area (Å²) in [4.78, 5) is 24.7. The molecule has 6 nitrogen and oxygen atoms in total. The minimum Gasteiger partial charge on any atom is -0.497 e. The Hall–Kier alpha value is -4.06. The highest BCUT2D eigenvalue weighted by Crippen LogP contribution is 2.31. The van der Waals surface area contributed by atoms with Crippen LogP contribution >= 0.6 is 0 Å². The van der Waals surface area contributed by atoms with E-state index in [1.165, 1.54) is 6.92 Å². The number of aliphatic carboxylic acids is 1. The molecule has 0 bridgehead atoms. The van der Waals surface area contributed by atoms with Crippen molar-refractivity contribution in [3.05, 3.63) is 94.7 Å². The molecule has 0 aliphatic rings. The molecule has 0 saturated heterocycles. The lowest BCUT2D eigenvalue weighted by atomic mass is 10.0. The van der Waals surface area contributed by atoms with E-state index in [-0.39, 0.29) is 5.91 Å². The summed E-state index contributed by atoms with van der Waals surface area (Å²) in [7, 11) is 1.59. The number of hydrogen-bond donors (Lipinski definition) is 1. The topological polar surface area (TPSA) is 77.8 Å². The van der Waals surface area contributed by atoms with Crippen LogP contribution in [0, 0.1) is 13.8 Å². The molecule has 0 unspecified atom stereocenters. The predicted molar refractivity (Wildman–Crippen MR) is 131 cm³/mol. The Labute approximate surface area is 198 Å². The monoisotopic (exact) mass is 457 g/mol. The van der Waals surface area contributed by atoms with Crippen LogP contribution in [-0.4, -0.2) is 34.8 Å². The molecule has 0 radical (unpaired) electrons. The maximum absolute atomic E-state index is 13.5. The molecular formula is C28H27NO5. The number of hydrogen-bond acceptors (Lipinski definition) is 4. The second-order valence-electron chi connectivity index (χ2n) is 8.38. The first-order valence-corrected chi connectivity index (χ1v) is 11.1. The summed E-state index contributed by atoms with van der Waals surface area (Å²) < 4.78 is 12.5. The average molecular weight is 458 g/mol. The van der Waals surface area contributed by atoms with Crippen molar-refractivity contribution < 1.29 is 24.2 Å². The van der Waals surface area contributed by atoms with Crippen LogP contribution in [0.15, 0.2) is 66.7 Å². The van der Waals surface area contributed by atoms with Gasteiger partial charge in [-0.3, -0.25) is 9.36 Å². The van der Waals surface area contributed by atoms with Gasteiger partial charge in [0.15, 0.2) is 6.10 Å². The Balaban J connectivity index is 1.75. The van der Waals surface area contributed by atoms with Crippen LogP contribution in [0.25, 0.3) is 10.9 Å². The lowest BCUT2D eigenvalue weighted by Crippen LogP contribution is -2.22. The van der Waals surface area contributed by atoms with Gasteiger partial charge in [-0.05, 0) is 86.8 Å². The normalized spacial score (nSPS) is 11.9. The summed E-state index contributed by atoms with van der Waals surface area (Å²) in [6.45, 7) is 5.49. The van der Waals surface area contributed by atoms with E-state index in [0.717, 1.165) is 33.3 Å². The summed E-state index contributed by atoms with van der Waals surface area (Å²) in [5.41, 5.74) is 5.42. The maximum Gasteiger partial charge on any atom is 0.344 e. The smallest absolute Gasteiger partial charge is 0.344 e. The molecule has 34 heavy (non-hydrogen) atoms. The molecule has 0 spiro atoms. The standard InChI is InChI=1S/C28H27NO5/c1-17-8-13-26-25(14-17)24(16-20-6-5-7-23(15-20)34-19(3)28(31)32)18(2)29(26)27(30)21-9-11-22(33-4)12-10-21/h5-15,19H,16H2,1-4H3,(H,31,32)/t19-/m0/s1. The fourth-order valence-corrected chi connectivity index (χ4v) is 4.13. The Bertz CT molecular complexity index is 1370. The minimum absolute atomic E-state index is 0.104. The minimum atomic E-state index is -1.02. The highest BCUT2D eigenvalue weighted by Gasteiger charge is 2.21. The van der Waals surface area contributed by atoms with Crippen LogP contribution in [0.5, 0.6) is 11.5 Å². The maximum atomic E-state index is 13.5. The highest BCUT2D eigenvalue weighted by atomic mass is 16.5. The number of fused-ring (bicyclic) bond motifs is 1. The Morgan fingerprint density at radius 1 is 0.971 bits per heavy atom. The van der Waals surface area contributed by atoms with Crippen LogP contribution in [-0.2, 0) is 11.2 Å². The summed E-state index contributed by atoms with van der Waals surface area (Å²) in [5.74, 6) is 0.0741. The molecule has 1 heterocycles. The van der Waals surface area contributed by atoms with Crippen molar-refractivity contribution in [1.29, 1.82) is 0 Å². The van der Waals surface area contributed by atoms with Gasteiger partial charge in [-0.25, -0.2) is 4.79 Å². The van der Waals surface area contributed by atoms with Crippen LogP contribution in [0.4, 0.5) is 0 Å². The lowest BCUT2D eigenvalue weighted by Gasteiger charge is -2.12. The molecule has 174 valence electrons. The number of aryl methyl sites for hydroxylation is 1. The van der Waals surface area contributed by atoms with Gasteiger partial charge in [-0.15, -0.1) is 0 Å². The molecule has 4 aromatic rings. The first-order valence-electron chi connectivity index (χ1n) is 11.1. The van der Waals surface area contributed by atoms with Crippen LogP contribution in [0.1, 0.15) is 39.7 Å². The quantitative estimate of drug-likeness (QED) is 0.402. The molecule has 0 fully saturated rings. The van der Waals surface area contributed by atoms with Gasteiger partial charge in [-0.2, -0.15) is 0 Å². The second-order valence-corrected chi connectivity index (χ2v) is 8.38. The molecule has 3 aromatic carbocycles. The number of carboxylic acid groups (broad SMARTS) is 1. The van der Waals surface area contributed by atoms with Crippen LogP contribution < -0.4 is 9.47 Å². The zero-order valence-corrected chi connectivity index (χ0v) is 19.7. The number of nitrogens with zero attached hydrogens (tertiary/aromatic N) is 1. The lowest BCUT2D eigenvalue weighted by molar-refractivity contribution is -0.144. The number of carboxylic acids is 1. The van der Waals surface area contributed by atoms with Crippen molar-refractivity contribution in [3.8, 4) is 11.5 Å². The molecule has 0 amide bonds. The molecule has 1 N–H and O–H groups in total. The van der Waals surface area contributed by atoms with Gasteiger partial charge in [0, 0.05) is 16.6 Å². The van der Waals surface area contributed by atoms with Gasteiger partial charge in [0.05, 0.1) is 12.6 Å². The zero-order chi connectivity index (χ0) is 24.4. The van der Waals surface area contributed by atoms with Gasteiger partial charge in [0.2, 0.25) is 0 Å². The predicted octanol–water partition coefficient (Wildman–Crippen LogP) is 5.40. The van der Waals surface area contributed by atoms with E-state index < -0.39 is 12.1 Å². The van der Waals surface area contributed by atoms with Gasteiger partial charge in [0.25, 0.3) is 5.91 Å². The van der Waals surface area contributed by atoms with Gasteiger partial charge in [0.1, 0.15) is 11.5 Å². The summed E-state index contributed by atoms with van der Waals surface area (Å²) in [6, 6.07) is 20.6. The number of ether oxygens (including phenoxy) is 2. The van der Waals surface area contributed by atoms with Crippen molar-refractivity contribution in [2.45, 2.75) is 33.3 Å². The summed E-state index contributed by atoms with van der Waals surface area (Å²) >= 11 is 0.